The van der Waals surface area contributed by atoms with Gasteiger partial charge in [0.2, 0.25) is 0 Å². The number of aryl methyl sites for hydroxylation is 1. The minimum Gasteiger partial charge on any atom is -0.390 e. The number of nitrogens with zero attached hydrogens (tertiary/aromatic N) is 1. The molecule has 0 spiro atoms. The van der Waals surface area contributed by atoms with Gasteiger partial charge in [-0.1, -0.05) is 18.2 Å². The molecule has 0 heterocycles. The molecule has 0 fully saturated rings. The highest BCUT2D eigenvalue weighted by Crippen LogP contribution is 2.18. The molecule has 0 amide bonds. The van der Waals surface area contributed by atoms with E-state index in [1.165, 1.54) is 11.3 Å². The van der Waals surface area contributed by atoms with Crippen molar-refractivity contribution in [2.75, 3.05) is 19.0 Å². The molecular weight excluding hydrogens is 172 g/mol. The zero-order chi connectivity index (χ0) is 10.6. The van der Waals surface area contributed by atoms with Crippen LogP contribution in [0.15, 0.2) is 36.2 Å². The van der Waals surface area contributed by atoms with Crippen LogP contribution in [0, 0.1) is 6.92 Å². The van der Waals surface area contributed by atoms with Crippen molar-refractivity contribution in [3.63, 3.8) is 0 Å². The van der Waals surface area contributed by atoms with E-state index in [2.05, 4.69) is 61.6 Å². The number of nitrogens with one attached hydrogen (secondary N) is 1. The summed E-state index contributed by atoms with van der Waals surface area (Å²) in [5.41, 5.74) is 3.67. The number of benzene rings is 1. The molecule has 0 aromatic heterocycles. The Hall–Kier alpha value is -1.44. The molecule has 2 nitrogen and oxygen atoms in total. The Labute approximate surface area is 86.2 Å². The minimum atomic E-state index is 1.15. The Kier molecular flexibility index (Phi) is 3.57. The van der Waals surface area contributed by atoms with Gasteiger partial charge in [-0.2, -0.15) is 0 Å². The van der Waals surface area contributed by atoms with Crippen LogP contribution in [0.2, 0.25) is 0 Å². The van der Waals surface area contributed by atoms with E-state index in [0.29, 0.717) is 0 Å². The summed E-state index contributed by atoms with van der Waals surface area (Å²) in [5, 5.41) is 3.10. The Morgan fingerprint density at radius 3 is 2.57 bits per heavy atom. The molecule has 1 aromatic carbocycles. The van der Waals surface area contributed by atoms with Gasteiger partial charge in [-0.15, -0.1) is 0 Å². The fraction of sp³-hybridized carbons (Fsp3) is 0.333. The van der Waals surface area contributed by atoms with Crippen molar-refractivity contribution in [1.29, 1.82) is 0 Å². The number of allylic oxidation sites excluding steroid dienone is 1. The molecule has 0 saturated heterocycles. The molecule has 0 aliphatic heterocycles. The Morgan fingerprint density at radius 1 is 1.36 bits per heavy atom. The van der Waals surface area contributed by atoms with Crippen LogP contribution in [0.25, 0.3) is 0 Å². The molecule has 1 N–H and O–H groups in total. The Morgan fingerprint density at radius 2 is 2.00 bits per heavy atom. The van der Waals surface area contributed by atoms with E-state index in [4.69, 9.17) is 0 Å². The van der Waals surface area contributed by atoms with Gasteiger partial charge < -0.3 is 10.2 Å². The van der Waals surface area contributed by atoms with Crippen molar-refractivity contribution < 1.29 is 0 Å². The number of para-hydroxylation sites is 1. The quantitative estimate of drug-likeness (QED) is 0.788. The molecule has 0 aliphatic rings. The first-order valence-electron chi connectivity index (χ1n) is 4.80. The molecule has 0 unspecified atom stereocenters. The fourth-order valence-corrected chi connectivity index (χ4v) is 1.38. The molecule has 0 bridgehead atoms. The highest BCUT2D eigenvalue weighted by molar-refractivity contribution is 5.54. The van der Waals surface area contributed by atoms with Crippen LogP contribution in [0.1, 0.15) is 12.5 Å². The van der Waals surface area contributed by atoms with Crippen LogP contribution in [0.4, 0.5) is 5.69 Å². The topological polar surface area (TPSA) is 15.3 Å². The van der Waals surface area contributed by atoms with Crippen molar-refractivity contribution >= 4 is 5.69 Å². The van der Waals surface area contributed by atoms with Crippen molar-refractivity contribution in [3.05, 3.63) is 41.7 Å². The molecule has 1 rings (SSSR count). The van der Waals surface area contributed by atoms with E-state index in [1.54, 1.807) is 0 Å². The standard InChI is InChI=1S/C12H18N2/c1-10-7-5-6-8-12(10)14(4)9-11(2)13-3/h5-9,13H,1-4H3/b11-9+. The summed E-state index contributed by atoms with van der Waals surface area (Å²) >= 11 is 0. The second-order valence-electron chi connectivity index (χ2n) is 3.46. The Bertz CT molecular complexity index is 329. The number of hydrogen-bond acceptors (Lipinski definition) is 2. The molecule has 1 aromatic rings. The van der Waals surface area contributed by atoms with Crippen LogP contribution in [0.3, 0.4) is 0 Å². The van der Waals surface area contributed by atoms with Crippen LogP contribution in [-0.4, -0.2) is 14.1 Å². The summed E-state index contributed by atoms with van der Waals surface area (Å²) in [4.78, 5) is 2.13. The van der Waals surface area contributed by atoms with Crippen molar-refractivity contribution in [3.8, 4) is 0 Å². The van der Waals surface area contributed by atoms with Gasteiger partial charge in [0.1, 0.15) is 0 Å². The van der Waals surface area contributed by atoms with Gasteiger partial charge in [-0.05, 0) is 25.5 Å². The summed E-state index contributed by atoms with van der Waals surface area (Å²) in [7, 11) is 3.99. The molecular formula is C12H18N2. The maximum Gasteiger partial charge on any atom is 0.0433 e. The molecule has 76 valence electrons. The van der Waals surface area contributed by atoms with E-state index in [9.17, 15) is 0 Å². The molecule has 0 saturated carbocycles. The van der Waals surface area contributed by atoms with Gasteiger partial charge in [-0.25, -0.2) is 0 Å². The van der Waals surface area contributed by atoms with E-state index in [0.717, 1.165) is 5.70 Å². The van der Waals surface area contributed by atoms with E-state index < -0.39 is 0 Å². The lowest BCUT2D eigenvalue weighted by Crippen LogP contribution is -2.14. The minimum absolute atomic E-state index is 1.15. The first-order valence-corrected chi connectivity index (χ1v) is 4.80. The predicted octanol–water partition coefficient (Wildman–Crippen LogP) is 2.51. The number of hydrogen-bond donors (Lipinski definition) is 1. The normalized spacial score (nSPS) is 11.3. The SMILES string of the molecule is CN/C(C)=C/N(C)c1ccccc1C. The number of rotatable bonds is 3. The van der Waals surface area contributed by atoms with Crippen LogP contribution >= 0.6 is 0 Å². The van der Waals surface area contributed by atoms with E-state index in [1.807, 2.05) is 7.05 Å². The van der Waals surface area contributed by atoms with E-state index in [-0.39, 0.29) is 0 Å². The lowest BCUT2D eigenvalue weighted by molar-refractivity contribution is 0.965. The van der Waals surface area contributed by atoms with Gasteiger partial charge in [0, 0.05) is 31.7 Å². The predicted molar refractivity (Wildman–Crippen MR) is 62.4 cm³/mol. The monoisotopic (exact) mass is 190 g/mol. The molecule has 2 heteroatoms. The summed E-state index contributed by atoms with van der Waals surface area (Å²) in [6, 6.07) is 8.35. The largest absolute Gasteiger partial charge is 0.390 e. The maximum atomic E-state index is 3.10. The summed E-state index contributed by atoms with van der Waals surface area (Å²) < 4.78 is 0. The third-order valence-corrected chi connectivity index (χ3v) is 2.28. The lowest BCUT2D eigenvalue weighted by Gasteiger charge is -2.17. The highest BCUT2D eigenvalue weighted by atomic mass is 15.1. The smallest absolute Gasteiger partial charge is 0.0433 e. The molecule has 0 radical (unpaired) electrons. The molecule has 0 aliphatic carbocycles. The van der Waals surface area contributed by atoms with Gasteiger partial charge in [0.05, 0.1) is 0 Å². The maximum absolute atomic E-state index is 3.10. The zero-order valence-electron chi connectivity index (χ0n) is 9.33. The third-order valence-electron chi connectivity index (χ3n) is 2.28. The molecule has 0 atom stereocenters. The Balaban J connectivity index is 2.90. The van der Waals surface area contributed by atoms with Crippen LogP contribution in [-0.2, 0) is 0 Å². The van der Waals surface area contributed by atoms with Crippen LogP contribution < -0.4 is 10.2 Å². The fourth-order valence-electron chi connectivity index (χ4n) is 1.38. The zero-order valence-corrected chi connectivity index (χ0v) is 9.33. The van der Waals surface area contributed by atoms with Crippen molar-refractivity contribution in [2.45, 2.75) is 13.8 Å². The summed E-state index contributed by atoms with van der Waals surface area (Å²) in [6.45, 7) is 4.17. The van der Waals surface area contributed by atoms with Gasteiger partial charge >= 0.3 is 0 Å². The van der Waals surface area contributed by atoms with Gasteiger partial charge in [-0.3, -0.25) is 0 Å². The average Bonchev–Trinajstić information content (AvgIpc) is 2.18. The lowest BCUT2D eigenvalue weighted by atomic mass is 10.2. The highest BCUT2D eigenvalue weighted by Gasteiger charge is 2.00. The summed E-state index contributed by atoms with van der Waals surface area (Å²) in [6.07, 6.45) is 2.09. The number of anilines is 1. The first kappa shape index (κ1) is 10.6. The third kappa shape index (κ3) is 2.52. The summed E-state index contributed by atoms with van der Waals surface area (Å²) in [5.74, 6) is 0. The second kappa shape index (κ2) is 4.70. The van der Waals surface area contributed by atoms with Crippen LogP contribution in [0.5, 0.6) is 0 Å². The molecule has 14 heavy (non-hydrogen) atoms. The average molecular weight is 190 g/mol. The van der Waals surface area contributed by atoms with Crippen molar-refractivity contribution in [1.82, 2.24) is 5.32 Å². The van der Waals surface area contributed by atoms with E-state index >= 15 is 0 Å². The van der Waals surface area contributed by atoms with Gasteiger partial charge in [0.15, 0.2) is 0 Å². The van der Waals surface area contributed by atoms with Crippen molar-refractivity contribution in [2.24, 2.45) is 0 Å². The first-order chi connectivity index (χ1) is 6.65. The van der Waals surface area contributed by atoms with Gasteiger partial charge in [0.25, 0.3) is 0 Å². The second-order valence-corrected chi connectivity index (χ2v) is 3.46.